The van der Waals surface area contributed by atoms with Crippen LogP contribution in [0.25, 0.3) is 10.9 Å². The number of hydrogen-bond donors (Lipinski definition) is 2. The smallest absolute Gasteiger partial charge is 0.278 e. The standard InChI is InChI=1S/C15H20N4O2/c1-10(2)8-11(9-16)18-13-5-6-14(19(20)21)12-4-3-7-17-15(12)13/h3-7,10-11,18H,8-9,16H2,1-2H3. The van der Waals surface area contributed by atoms with Crippen LogP contribution < -0.4 is 11.1 Å². The molecule has 21 heavy (non-hydrogen) atoms. The third kappa shape index (κ3) is 3.46. The number of nitrogens with zero attached hydrogens (tertiary/aromatic N) is 2. The second-order valence-corrected chi connectivity index (χ2v) is 5.50. The van der Waals surface area contributed by atoms with Crippen LogP contribution in [0.5, 0.6) is 0 Å². The van der Waals surface area contributed by atoms with Crippen molar-refractivity contribution in [3.8, 4) is 0 Å². The number of nitro groups is 1. The minimum absolute atomic E-state index is 0.0665. The molecule has 6 heteroatoms. The number of pyridine rings is 1. The second kappa shape index (κ2) is 6.49. The van der Waals surface area contributed by atoms with Crippen molar-refractivity contribution >= 4 is 22.3 Å². The summed E-state index contributed by atoms with van der Waals surface area (Å²) in [6.07, 6.45) is 2.57. The molecule has 1 aromatic carbocycles. The number of nitrogens with one attached hydrogen (secondary N) is 1. The maximum atomic E-state index is 11.1. The summed E-state index contributed by atoms with van der Waals surface area (Å²) in [7, 11) is 0. The van der Waals surface area contributed by atoms with Gasteiger partial charge in [0, 0.05) is 24.8 Å². The third-order valence-electron chi connectivity index (χ3n) is 3.34. The molecule has 3 N–H and O–H groups in total. The van der Waals surface area contributed by atoms with Crippen molar-refractivity contribution in [2.24, 2.45) is 11.7 Å². The largest absolute Gasteiger partial charge is 0.379 e. The molecule has 2 rings (SSSR count). The molecule has 0 aliphatic carbocycles. The highest BCUT2D eigenvalue weighted by atomic mass is 16.6. The molecule has 0 aliphatic rings. The van der Waals surface area contributed by atoms with Gasteiger partial charge in [0.2, 0.25) is 0 Å². The van der Waals surface area contributed by atoms with E-state index in [-0.39, 0.29) is 16.7 Å². The van der Waals surface area contributed by atoms with Gasteiger partial charge in [-0.05, 0) is 30.5 Å². The second-order valence-electron chi connectivity index (χ2n) is 5.50. The Morgan fingerprint density at radius 1 is 1.38 bits per heavy atom. The van der Waals surface area contributed by atoms with Gasteiger partial charge in [-0.1, -0.05) is 13.8 Å². The maximum Gasteiger partial charge on any atom is 0.278 e. The van der Waals surface area contributed by atoms with Crippen molar-refractivity contribution in [3.63, 3.8) is 0 Å². The summed E-state index contributed by atoms with van der Waals surface area (Å²) in [6.45, 7) is 4.77. The SMILES string of the molecule is CC(C)CC(CN)Nc1ccc([N+](=O)[O-])c2cccnc12. The van der Waals surface area contributed by atoms with E-state index in [0.717, 1.165) is 12.1 Å². The monoisotopic (exact) mass is 288 g/mol. The zero-order valence-corrected chi connectivity index (χ0v) is 12.2. The average Bonchev–Trinajstić information content (AvgIpc) is 2.46. The predicted octanol–water partition coefficient (Wildman–Crippen LogP) is 2.93. The summed E-state index contributed by atoms with van der Waals surface area (Å²) in [4.78, 5) is 15.0. The number of hydrogen-bond acceptors (Lipinski definition) is 5. The minimum atomic E-state index is -0.387. The summed E-state index contributed by atoms with van der Waals surface area (Å²) >= 11 is 0. The van der Waals surface area contributed by atoms with E-state index in [1.165, 1.54) is 6.07 Å². The van der Waals surface area contributed by atoms with Crippen molar-refractivity contribution < 1.29 is 4.92 Å². The molecule has 1 aromatic heterocycles. The van der Waals surface area contributed by atoms with E-state index >= 15 is 0 Å². The van der Waals surface area contributed by atoms with E-state index in [4.69, 9.17) is 5.73 Å². The van der Waals surface area contributed by atoms with Crippen LogP contribution in [0.4, 0.5) is 11.4 Å². The Bertz CT molecular complexity index is 643. The van der Waals surface area contributed by atoms with Crippen LogP contribution in [-0.2, 0) is 0 Å². The summed E-state index contributed by atoms with van der Waals surface area (Å²) in [5.74, 6) is 0.517. The number of rotatable bonds is 6. The lowest BCUT2D eigenvalue weighted by Crippen LogP contribution is -2.30. The van der Waals surface area contributed by atoms with Gasteiger partial charge < -0.3 is 11.1 Å². The van der Waals surface area contributed by atoms with E-state index in [0.29, 0.717) is 23.4 Å². The van der Waals surface area contributed by atoms with Gasteiger partial charge in [0.05, 0.1) is 16.0 Å². The molecule has 0 radical (unpaired) electrons. The molecule has 1 atom stereocenters. The highest BCUT2D eigenvalue weighted by Crippen LogP contribution is 2.30. The first kappa shape index (κ1) is 15.2. The predicted molar refractivity (Wildman–Crippen MR) is 84.3 cm³/mol. The lowest BCUT2D eigenvalue weighted by Gasteiger charge is -2.20. The Morgan fingerprint density at radius 3 is 2.76 bits per heavy atom. The molecule has 112 valence electrons. The van der Waals surface area contributed by atoms with Crippen molar-refractivity contribution in [1.82, 2.24) is 4.98 Å². The average molecular weight is 288 g/mol. The van der Waals surface area contributed by atoms with Gasteiger partial charge in [-0.3, -0.25) is 15.1 Å². The summed E-state index contributed by atoms with van der Waals surface area (Å²) in [5.41, 5.74) is 7.26. The van der Waals surface area contributed by atoms with E-state index in [1.807, 2.05) is 0 Å². The number of aromatic nitrogens is 1. The van der Waals surface area contributed by atoms with Crippen molar-refractivity contribution in [3.05, 3.63) is 40.6 Å². The fourth-order valence-electron chi connectivity index (χ4n) is 2.44. The van der Waals surface area contributed by atoms with Gasteiger partial charge in [-0.25, -0.2) is 0 Å². The van der Waals surface area contributed by atoms with Crippen LogP contribution in [0.15, 0.2) is 30.5 Å². The maximum absolute atomic E-state index is 11.1. The van der Waals surface area contributed by atoms with Gasteiger partial charge in [-0.2, -0.15) is 0 Å². The van der Waals surface area contributed by atoms with Crippen molar-refractivity contribution in [2.75, 3.05) is 11.9 Å². The van der Waals surface area contributed by atoms with E-state index in [1.54, 1.807) is 24.4 Å². The van der Waals surface area contributed by atoms with Gasteiger partial charge in [0.1, 0.15) is 5.52 Å². The van der Waals surface area contributed by atoms with E-state index in [9.17, 15) is 10.1 Å². The fourth-order valence-corrected chi connectivity index (χ4v) is 2.44. The summed E-state index contributed by atoms with van der Waals surface area (Å²) in [5, 5.41) is 15.0. The van der Waals surface area contributed by atoms with Crippen LogP contribution in [0.1, 0.15) is 20.3 Å². The number of nitrogens with two attached hydrogens (primary N) is 1. The molecular formula is C15H20N4O2. The minimum Gasteiger partial charge on any atom is -0.379 e. The molecule has 0 spiro atoms. The Labute approximate surface area is 123 Å². The van der Waals surface area contributed by atoms with Crippen LogP contribution >= 0.6 is 0 Å². The zero-order valence-electron chi connectivity index (χ0n) is 12.2. The fraction of sp³-hybridized carbons (Fsp3) is 0.400. The molecule has 6 nitrogen and oxygen atoms in total. The van der Waals surface area contributed by atoms with Gasteiger partial charge >= 0.3 is 0 Å². The summed E-state index contributed by atoms with van der Waals surface area (Å²) < 4.78 is 0. The Kier molecular flexibility index (Phi) is 4.70. The molecule has 0 bridgehead atoms. The molecule has 2 aromatic rings. The lowest BCUT2D eigenvalue weighted by molar-refractivity contribution is -0.383. The first-order valence-corrected chi connectivity index (χ1v) is 7.01. The molecule has 0 saturated carbocycles. The Morgan fingerprint density at radius 2 is 2.14 bits per heavy atom. The normalized spacial score (nSPS) is 12.6. The van der Waals surface area contributed by atoms with Crippen molar-refractivity contribution in [1.29, 1.82) is 0 Å². The van der Waals surface area contributed by atoms with E-state index < -0.39 is 0 Å². The first-order chi connectivity index (χ1) is 10.0. The number of nitro benzene ring substituents is 1. The highest BCUT2D eigenvalue weighted by molar-refractivity contribution is 5.96. The first-order valence-electron chi connectivity index (χ1n) is 7.01. The number of anilines is 1. The Balaban J connectivity index is 2.41. The van der Waals surface area contributed by atoms with Gasteiger partial charge in [0.25, 0.3) is 5.69 Å². The van der Waals surface area contributed by atoms with Crippen LogP contribution in [-0.4, -0.2) is 22.5 Å². The van der Waals surface area contributed by atoms with Gasteiger partial charge in [-0.15, -0.1) is 0 Å². The number of non-ortho nitro benzene ring substituents is 1. The van der Waals surface area contributed by atoms with Gasteiger partial charge in [0.15, 0.2) is 0 Å². The van der Waals surface area contributed by atoms with Crippen LogP contribution in [0.3, 0.4) is 0 Å². The Hall–Kier alpha value is -2.21. The molecule has 1 unspecified atom stereocenters. The molecule has 0 amide bonds. The van der Waals surface area contributed by atoms with Crippen LogP contribution in [0.2, 0.25) is 0 Å². The highest BCUT2D eigenvalue weighted by Gasteiger charge is 2.17. The quantitative estimate of drug-likeness (QED) is 0.629. The number of benzene rings is 1. The van der Waals surface area contributed by atoms with Crippen LogP contribution in [0, 0.1) is 16.0 Å². The van der Waals surface area contributed by atoms with E-state index in [2.05, 4.69) is 24.1 Å². The topological polar surface area (TPSA) is 94.1 Å². The summed E-state index contributed by atoms with van der Waals surface area (Å²) in [6, 6.07) is 6.75. The molecular weight excluding hydrogens is 268 g/mol. The molecule has 0 fully saturated rings. The molecule has 0 saturated heterocycles. The third-order valence-corrected chi connectivity index (χ3v) is 3.34. The lowest BCUT2D eigenvalue weighted by atomic mass is 10.0. The molecule has 0 aliphatic heterocycles. The number of fused-ring (bicyclic) bond motifs is 1. The van der Waals surface area contributed by atoms with Crippen molar-refractivity contribution in [2.45, 2.75) is 26.3 Å². The zero-order chi connectivity index (χ0) is 15.4. The molecule has 1 heterocycles.